The van der Waals surface area contributed by atoms with Gasteiger partial charge < -0.3 is 15.5 Å². The van der Waals surface area contributed by atoms with Gasteiger partial charge in [0.1, 0.15) is 18.4 Å². The Bertz CT molecular complexity index is 1570. The molecule has 0 unspecified atom stereocenters. The molecule has 1 aromatic carbocycles. The first-order chi connectivity index (χ1) is 19.4. The largest absolute Gasteiger partial charge is 0.406 e. The van der Waals surface area contributed by atoms with Gasteiger partial charge in [0.25, 0.3) is 5.91 Å². The van der Waals surface area contributed by atoms with Gasteiger partial charge in [-0.1, -0.05) is 35.9 Å². The van der Waals surface area contributed by atoms with Crippen LogP contribution in [0, 0.1) is 6.92 Å². The second-order valence-electron chi connectivity index (χ2n) is 11.2. The lowest BCUT2D eigenvalue weighted by Gasteiger charge is -2.43. The van der Waals surface area contributed by atoms with Crippen LogP contribution in [-0.4, -0.2) is 57.4 Å². The van der Waals surface area contributed by atoms with Crippen LogP contribution in [0.3, 0.4) is 0 Å². The molecular formula is C30H28F3N5O3. The van der Waals surface area contributed by atoms with Crippen molar-refractivity contribution >= 4 is 23.5 Å². The minimum atomic E-state index is -4.59. The Morgan fingerprint density at radius 2 is 1.95 bits per heavy atom. The zero-order chi connectivity index (χ0) is 29.1. The molecule has 212 valence electrons. The topological polar surface area (TPSA) is 104 Å². The van der Waals surface area contributed by atoms with E-state index in [0.29, 0.717) is 24.4 Å². The van der Waals surface area contributed by atoms with E-state index in [2.05, 4.69) is 20.6 Å². The lowest BCUT2D eigenvalue weighted by atomic mass is 9.80. The fourth-order valence-electron chi connectivity index (χ4n) is 6.50. The number of rotatable bonds is 4. The SMILES string of the molecule is Cc1cccc([C@@H]2C[C@H](NC(=O)c3cnc4c(c3)C[C@@]3(C4)C(=O)Nc4ncccc43)C(=O)N(CC(F)(F)F)[C@@H]2C)c1. The zero-order valence-electron chi connectivity index (χ0n) is 22.5. The summed E-state index contributed by atoms with van der Waals surface area (Å²) in [7, 11) is 0. The van der Waals surface area contributed by atoms with Crippen molar-refractivity contribution in [1.29, 1.82) is 0 Å². The molecule has 3 aliphatic rings. The Morgan fingerprint density at radius 3 is 2.71 bits per heavy atom. The number of pyridine rings is 2. The number of nitrogens with one attached hydrogen (secondary N) is 2. The summed E-state index contributed by atoms with van der Waals surface area (Å²) in [5.41, 5.74) is 3.27. The predicted octanol–water partition coefficient (Wildman–Crippen LogP) is 3.84. The number of alkyl halides is 3. The molecule has 4 heterocycles. The molecule has 2 aliphatic heterocycles. The molecule has 2 N–H and O–H groups in total. The lowest BCUT2D eigenvalue weighted by molar-refractivity contribution is -0.170. The Labute approximate surface area is 234 Å². The van der Waals surface area contributed by atoms with Crippen molar-refractivity contribution in [3.05, 3.63) is 88.4 Å². The number of hydrogen-bond acceptors (Lipinski definition) is 5. The van der Waals surface area contributed by atoms with E-state index in [1.807, 2.05) is 37.3 Å². The maximum atomic E-state index is 13.5. The van der Waals surface area contributed by atoms with E-state index < -0.39 is 48.0 Å². The normalized spacial score (nSPS) is 25.2. The number of aryl methyl sites for hydroxylation is 1. The highest BCUT2D eigenvalue weighted by Crippen LogP contribution is 2.46. The number of halogens is 3. The van der Waals surface area contributed by atoms with Crippen LogP contribution < -0.4 is 10.6 Å². The molecule has 1 aliphatic carbocycles. The summed E-state index contributed by atoms with van der Waals surface area (Å²) >= 11 is 0. The quantitative estimate of drug-likeness (QED) is 0.502. The van der Waals surface area contributed by atoms with Gasteiger partial charge in [-0.15, -0.1) is 0 Å². The van der Waals surface area contributed by atoms with Crippen molar-refractivity contribution in [2.45, 2.75) is 62.7 Å². The smallest absolute Gasteiger partial charge is 0.340 e. The van der Waals surface area contributed by atoms with Crippen LogP contribution in [0.4, 0.5) is 19.0 Å². The van der Waals surface area contributed by atoms with Crippen LogP contribution in [0.1, 0.15) is 57.6 Å². The molecule has 11 heteroatoms. The highest BCUT2D eigenvalue weighted by molar-refractivity contribution is 6.06. The molecule has 6 rings (SSSR count). The number of amides is 3. The number of likely N-dealkylation sites (tertiary alicyclic amines) is 1. The number of hydrogen-bond donors (Lipinski definition) is 2. The molecule has 8 nitrogen and oxygen atoms in total. The third-order valence-corrected chi connectivity index (χ3v) is 8.54. The van der Waals surface area contributed by atoms with Gasteiger partial charge in [0, 0.05) is 42.0 Å². The summed E-state index contributed by atoms with van der Waals surface area (Å²) in [6.07, 6.45) is -0.754. The number of fused-ring (bicyclic) bond motifs is 3. The number of carbonyl (C=O) groups is 3. The van der Waals surface area contributed by atoms with E-state index in [1.165, 1.54) is 6.20 Å². The van der Waals surface area contributed by atoms with E-state index >= 15 is 0 Å². The van der Waals surface area contributed by atoms with Gasteiger partial charge in [0.15, 0.2) is 0 Å². The predicted molar refractivity (Wildman–Crippen MR) is 143 cm³/mol. The van der Waals surface area contributed by atoms with Crippen LogP contribution >= 0.6 is 0 Å². The standard InChI is InChI=1S/C30H28F3N5O3/c1-16-5-3-6-18(9-16)21-11-23(27(40)38(17(21)2)15-30(31,32)33)36-26(39)20-10-19-12-29(13-24(19)35-14-20)22-7-4-8-34-25(22)37-28(29)41/h3-10,14,17,21,23H,11-13,15H2,1-2H3,(H,36,39)(H,34,37,41)/t17-,21-,23+,29+/m1/s1. The monoisotopic (exact) mass is 563 g/mol. The third kappa shape index (κ3) is 4.72. The molecule has 3 amide bonds. The summed E-state index contributed by atoms with van der Waals surface area (Å²) < 4.78 is 40.5. The minimum Gasteiger partial charge on any atom is -0.340 e. The van der Waals surface area contributed by atoms with E-state index in [9.17, 15) is 27.6 Å². The number of aromatic nitrogens is 2. The number of benzene rings is 1. The van der Waals surface area contributed by atoms with Gasteiger partial charge in [-0.25, -0.2) is 4.98 Å². The van der Waals surface area contributed by atoms with Gasteiger partial charge in [-0.3, -0.25) is 19.4 Å². The number of anilines is 1. The van der Waals surface area contributed by atoms with Gasteiger partial charge in [-0.05, 0) is 49.9 Å². The minimum absolute atomic E-state index is 0.162. The number of nitrogens with zero attached hydrogens (tertiary/aromatic N) is 3. The number of piperidine rings is 1. The molecule has 3 aromatic rings. The number of carbonyl (C=O) groups excluding carboxylic acids is 3. The maximum Gasteiger partial charge on any atom is 0.406 e. The van der Waals surface area contributed by atoms with Crippen LogP contribution in [0.5, 0.6) is 0 Å². The van der Waals surface area contributed by atoms with E-state index in [-0.39, 0.29) is 17.9 Å². The maximum absolute atomic E-state index is 13.5. The molecule has 1 fully saturated rings. The van der Waals surface area contributed by atoms with Gasteiger partial charge in [0.05, 0.1) is 11.0 Å². The second kappa shape index (κ2) is 9.67. The molecule has 0 saturated carbocycles. The Morgan fingerprint density at radius 1 is 1.15 bits per heavy atom. The van der Waals surface area contributed by atoms with E-state index in [1.54, 1.807) is 25.3 Å². The van der Waals surface area contributed by atoms with Crippen molar-refractivity contribution in [1.82, 2.24) is 20.2 Å². The van der Waals surface area contributed by atoms with Crippen molar-refractivity contribution in [3.63, 3.8) is 0 Å². The van der Waals surface area contributed by atoms with Crippen molar-refractivity contribution < 1.29 is 27.6 Å². The summed E-state index contributed by atoms with van der Waals surface area (Å²) in [6.45, 7) is 2.11. The van der Waals surface area contributed by atoms with Crippen molar-refractivity contribution in [2.24, 2.45) is 0 Å². The molecule has 2 aromatic heterocycles. The van der Waals surface area contributed by atoms with E-state index in [4.69, 9.17) is 0 Å². The molecule has 0 bridgehead atoms. The fourth-order valence-corrected chi connectivity index (χ4v) is 6.50. The molecule has 1 spiro atoms. The Balaban J connectivity index is 1.25. The molecular weight excluding hydrogens is 535 g/mol. The fraction of sp³-hybridized carbons (Fsp3) is 0.367. The third-order valence-electron chi connectivity index (χ3n) is 8.54. The Kier molecular flexibility index (Phi) is 6.35. The molecule has 4 atom stereocenters. The van der Waals surface area contributed by atoms with Crippen molar-refractivity contribution in [3.8, 4) is 0 Å². The average molecular weight is 564 g/mol. The van der Waals surface area contributed by atoms with Crippen molar-refractivity contribution in [2.75, 3.05) is 11.9 Å². The summed E-state index contributed by atoms with van der Waals surface area (Å²) in [5, 5.41) is 5.51. The Hall–Kier alpha value is -4.28. The van der Waals surface area contributed by atoms with Gasteiger partial charge in [0.2, 0.25) is 11.8 Å². The summed E-state index contributed by atoms with van der Waals surface area (Å²) in [6, 6.07) is 10.9. The molecule has 0 radical (unpaired) electrons. The molecule has 41 heavy (non-hydrogen) atoms. The average Bonchev–Trinajstić information content (AvgIpc) is 3.44. The van der Waals surface area contributed by atoms with Crippen LogP contribution in [0.2, 0.25) is 0 Å². The van der Waals surface area contributed by atoms with E-state index in [0.717, 1.165) is 27.2 Å². The summed E-state index contributed by atoms with van der Waals surface area (Å²) in [5.74, 6) is -1.45. The highest BCUT2D eigenvalue weighted by atomic mass is 19.4. The first kappa shape index (κ1) is 26.9. The lowest BCUT2D eigenvalue weighted by Crippen LogP contribution is -2.59. The first-order valence-electron chi connectivity index (χ1n) is 13.4. The van der Waals surface area contributed by atoms with Crippen LogP contribution in [0.15, 0.2) is 54.9 Å². The first-order valence-corrected chi connectivity index (χ1v) is 13.4. The van der Waals surface area contributed by atoms with Gasteiger partial charge in [-0.2, -0.15) is 13.2 Å². The van der Waals surface area contributed by atoms with Crippen LogP contribution in [-0.2, 0) is 27.8 Å². The summed E-state index contributed by atoms with van der Waals surface area (Å²) in [4.78, 5) is 49.2. The molecule has 1 saturated heterocycles. The highest BCUT2D eigenvalue weighted by Gasteiger charge is 2.52. The van der Waals surface area contributed by atoms with Crippen LogP contribution in [0.25, 0.3) is 0 Å². The second-order valence-corrected chi connectivity index (χ2v) is 11.2. The van der Waals surface area contributed by atoms with Gasteiger partial charge >= 0.3 is 6.18 Å². The zero-order valence-corrected chi connectivity index (χ0v) is 22.5.